The molecule has 0 amide bonds. The molecule has 23 heavy (non-hydrogen) atoms. The number of carbonyl (C=O) groups is 1. The van der Waals surface area contributed by atoms with Crippen LogP contribution in [0.4, 0.5) is 4.79 Å². The second kappa shape index (κ2) is 19.3. The van der Waals surface area contributed by atoms with Gasteiger partial charge in [-0.3, -0.25) is 0 Å². The van der Waals surface area contributed by atoms with E-state index in [9.17, 15) is 4.79 Å². The van der Waals surface area contributed by atoms with Gasteiger partial charge in [-0.1, -0.05) is 97.3 Å². The van der Waals surface area contributed by atoms with E-state index in [-0.39, 0.29) is 0 Å². The zero-order chi connectivity index (χ0) is 17.0. The topological polar surface area (TPSA) is 35.5 Å². The lowest BCUT2D eigenvalue weighted by molar-refractivity contribution is 0.0529. The van der Waals surface area contributed by atoms with E-state index in [0.29, 0.717) is 13.2 Å². The van der Waals surface area contributed by atoms with E-state index in [4.69, 9.17) is 9.47 Å². The van der Waals surface area contributed by atoms with Gasteiger partial charge in [-0.05, 0) is 12.8 Å². The fraction of sp³-hybridized carbons (Fsp3) is 0.950. The van der Waals surface area contributed by atoms with Crippen molar-refractivity contribution in [2.24, 2.45) is 0 Å². The van der Waals surface area contributed by atoms with Crippen LogP contribution in [0.15, 0.2) is 0 Å². The summed E-state index contributed by atoms with van der Waals surface area (Å²) in [6.45, 7) is 5.46. The quantitative estimate of drug-likeness (QED) is 0.212. The highest BCUT2D eigenvalue weighted by atomic mass is 16.7. The molecule has 0 aromatic rings. The average Bonchev–Trinajstić information content (AvgIpc) is 2.56. The van der Waals surface area contributed by atoms with Crippen LogP contribution in [0.1, 0.15) is 110 Å². The number of carbonyl (C=O) groups excluding carboxylic acids is 1. The molecule has 138 valence electrons. The summed E-state index contributed by atoms with van der Waals surface area (Å²) >= 11 is 0. The molecule has 0 N–H and O–H groups in total. The van der Waals surface area contributed by atoms with E-state index in [1.165, 1.54) is 70.6 Å². The molecule has 0 saturated carbocycles. The summed E-state index contributed by atoms with van der Waals surface area (Å²) in [4.78, 5) is 11.3. The Morgan fingerprint density at radius 3 is 1.17 bits per heavy atom. The van der Waals surface area contributed by atoms with Gasteiger partial charge in [0.1, 0.15) is 0 Å². The van der Waals surface area contributed by atoms with Crippen molar-refractivity contribution in [1.82, 2.24) is 0 Å². The third kappa shape index (κ3) is 19.2. The van der Waals surface area contributed by atoms with Crippen LogP contribution in [-0.4, -0.2) is 19.4 Å². The first-order chi connectivity index (χ1) is 11.3. The highest BCUT2D eigenvalue weighted by Crippen LogP contribution is 2.10. The molecule has 3 nitrogen and oxygen atoms in total. The van der Waals surface area contributed by atoms with Crippen molar-refractivity contribution in [3.8, 4) is 0 Å². The molecular weight excluding hydrogens is 288 g/mol. The molecule has 0 spiro atoms. The normalized spacial score (nSPS) is 10.7. The number of hydrogen-bond donors (Lipinski definition) is 0. The molecule has 3 heteroatoms. The van der Waals surface area contributed by atoms with Crippen LogP contribution in [0.5, 0.6) is 0 Å². The van der Waals surface area contributed by atoms with Crippen LogP contribution in [0.3, 0.4) is 0 Å². The van der Waals surface area contributed by atoms with Gasteiger partial charge in [0.25, 0.3) is 0 Å². The minimum Gasteiger partial charge on any atom is -0.434 e. The van der Waals surface area contributed by atoms with E-state index in [1.807, 2.05) is 0 Å². The summed E-state index contributed by atoms with van der Waals surface area (Å²) in [6, 6.07) is 0. The first-order valence-electron chi connectivity index (χ1n) is 10.1. The summed E-state index contributed by atoms with van der Waals surface area (Å²) < 4.78 is 10.1. The second-order valence-corrected chi connectivity index (χ2v) is 6.54. The number of ether oxygens (including phenoxy) is 2. The summed E-state index contributed by atoms with van der Waals surface area (Å²) in [5.41, 5.74) is 0. The maximum absolute atomic E-state index is 11.3. The average molecular weight is 329 g/mol. The predicted octanol–water partition coefficient (Wildman–Crippen LogP) is 7.03. The Morgan fingerprint density at radius 1 is 0.522 bits per heavy atom. The Balaban J connectivity index is 3.11. The molecule has 0 fully saturated rings. The maximum Gasteiger partial charge on any atom is 0.508 e. The molecule has 0 saturated heterocycles. The van der Waals surface area contributed by atoms with Gasteiger partial charge in [-0.2, -0.15) is 0 Å². The monoisotopic (exact) mass is 328 g/mol. The molecule has 0 aromatic carbocycles. The lowest BCUT2D eigenvalue weighted by Gasteiger charge is -2.06. The van der Waals surface area contributed by atoms with Gasteiger partial charge in [-0.25, -0.2) is 4.79 Å². The molecule has 0 rings (SSSR count). The van der Waals surface area contributed by atoms with Crippen LogP contribution < -0.4 is 0 Å². The summed E-state index contributed by atoms with van der Waals surface area (Å²) in [5.74, 6) is 0. The van der Waals surface area contributed by atoms with Gasteiger partial charge in [0.2, 0.25) is 0 Å². The van der Waals surface area contributed by atoms with Gasteiger partial charge in [-0.15, -0.1) is 0 Å². The third-order valence-electron chi connectivity index (χ3n) is 4.19. The number of rotatable bonds is 17. The molecule has 0 bridgehead atoms. The van der Waals surface area contributed by atoms with Crippen molar-refractivity contribution in [3.05, 3.63) is 0 Å². The number of unbranched alkanes of at least 4 members (excludes halogenated alkanes) is 13. The minimum absolute atomic E-state index is 0.489. The standard InChI is InChI=1S/C20H40O3/c1-3-5-7-9-10-11-12-13-15-17-19-23-20(21)22-18-16-14-8-6-4-2/h3-19H2,1-2H3. The Labute approximate surface area is 144 Å². The van der Waals surface area contributed by atoms with Gasteiger partial charge < -0.3 is 9.47 Å². The van der Waals surface area contributed by atoms with Gasteiger partial charge in [0.05, 0.1) is 13.2 Å². The molecule has 0 aliphatic rings. The van der Waals surface area contributed by atoms with Gasteiger partial charge >= 0.3 is 6.16 Å². The Kier molecular flexibility index (Phi) is 18.7. The number of hydrogen-bond acceptors (Lipinski definition) is 3. The fourth-order valence-corrected chi connectivity index (χ4v) is 2.65. The van der Waals surface area contributed by atoms with E-state index in [0.717, 1.165) is 25.7 Å². The van der Waals surface area contributed by atoms with E-state index in [1.54, 1.807) is 0 Å². The molecule has 0 aromatic heterocycles. The van der Waals surface area contributed by atoms with Crippen molar-refractivity contribution in [2.45, 2.75) is 110 Å². The van der Waals surface area contributed by atoms with Crippen LogP contribution in [0, 0.1) is 0 Å². The van der Waals surface area contributed by atoms with Gasteiger partial charge in [0, 0.05) is 0 Å². The third-order valence-corrected chi connectivity index (χ3v) is 4.19. The van der Waals surface area contributed by atoms with Crippen molar-refractivity contribution in [1.29, 1.82) is 0 Å². The smallest absolute Gasteiger partial charge is 0.434 e. The summed E-state index contributed by atoms with van der Waals surface area (Å²) in [6.07, 6.45) is 18.2. The summed E-state index contributed by atoms with van der Waals surface area (Å²) in [7, 11) is 0. The fourth-order valence-electron chi connectivity index (χ4n) is 2.65. The lowest BCUT2D eigenvalue weighted by atomic mass is 10.1. The largest absolute Gasteiger partial charge is 0.508 e. The molecule has 0 aliphatic heterocycles. The van der Waals surface area contributed by atoms with Gasteiger partial charge in [0.15, 0.2) is 0 Å². The highest BCUT2D eigenvalue weighted by Gasteiger charge is 2.02. The van der Waals surface area contributed by atoms with E-state index >= 15 is 0 Å². The summed E-state index contributed by atoms with van der Waals surface area (Å²) in [5, 5.41) is 0. The highest BCUT2D eigenvalue weighted by molar-refractivity contribution is 5.59. The van der Waals surface area contributed by atoms with Crippen molar-refractivity contribution in [2.75, 3.05) is 13.2 Å². The maximum atomic E-state index is 11.3. The van der Waals surface area contributed by atoms with Crippen LogP contribution in [-0.2, 0) is 9.47 Å². The van der Waals surface area contributed by atoms with Crippen molar-refractivity contribution >= 4 is 6.16 Å². The van der Waals surface area contributed by atoms with Crippen LogP contribution in [0.2, 0.25) is 0 Å². The van der Waals surface area contributed by atoms with E-state index in [2.05, 4.69) is 13.8 Å². The van der Waals surface area contributed by atoms with Crippen LogP contribution in [0.25, 0.3) is 0 Å². The Bertz CT molecular complexity index is 241. The zero-order valence-electron chi connectivity index (χ0n) is 15.7. The molecule has 0 heterocycles. The first kappa shape index (κ1) is 22.3. The SMILES string of the molecule is CCCCCCCCCCCCOC(=O)OCCCCCCC. The van der Waals surface area contributed by atoms with Crippen molar-refractivity contribution in [3.63, 3.8) is 0 Å². The van der Waals surface area contributed by atoms with Crippen LogP contribution >= 0.6 is 0 Å². The first-order valence-corrected chi connectivity index (χ1v) is 10.1. The molecular formula is C20H40O3. The Morgan fingerprint density at radius 2 is 0.826 bits per heavy atom. The minimum atomic E-state index is -0.489. The second-order valence-electron chi connectivity index (χ2n) is 6.54. The molecule has 0 aliphatic carbocycles. The molecule has 0 atom stereocenters. The predicted molar refractivity (Wildman–Crippen MR) is 97.9 cm³/mol. The Hall–Kier alpha value is -0.730. The lowest BCUT2D eigenvalue weighted by Crippen LogP contribution is -2.09. The molecule has 0 radical (unpaired) electrons. The van der Waals surface area contributed by atoms with Crippen molar-refractivity contribution < 1.29 is 14.3 Å². The zero-order valence-corrected chi connectivity index (χ0v) is 15.7. The molecule has 0 unspecified atom stereocenters. The van der Waals surface area contributed by atoms with E-state index < -0.39 is 6.16 Å².